The third-order valence-electron chi connectivity index (χ3n) is 4.97. The molecule has 8 heteroatoms. The molecular formula is C19H23N5O3. The van der Waals surface area contributed by atoms with Crippen molar-refractivity contribution in [1.82, 2.24) is 19.6 Å². The highest BCUT2D eigenvalue weighted by Gasteiger charge is 2.18. The molecule has 1 aromatic carbocycles. The Morgan fingerprint density at radius 1 is 1.22 bits per heavy atom. The lowest BCUT2D eigenvalue weighted by molar-refractivity contribution is 0.186. The van der Waals surface area contributed by atoms with Crippen molar-refractivity contribution in [3.8, 4) is 0 Å². The van der Waals surface area contributed by atoms with Crippen LogP contribution in [0, 0.1) is 0 Å². The van der Waals surface area contributed by atoms with E-state index < -0.39 is 0 Å². The summed E-state index contributed by atoms with van der Waals surface area (Å²) in [5.74, 6) is 0. The van der Waals surface area contributed by atoms with E-state index in [1.54, 1.807) is 30.5 Å². The first-order chi connectivity index (χ1) is 13.2. The molecule has 0 radical (unpaired) electrons. The van der Waals surface area contributed by atoms with Crippen molar-refractivity contribution in [2.45, 2.75) is 13.1 Å². The topological polar surface area (TPSA) is 76.6 Å². The number of methoxy groups -OCH3 is 1. The van der Waals surface area contributed by atoms with Crippen molar-refractivity contribution in [2.75, 3.05) is 44.8 Å². The van der Waals surface area contributed by atoms with Crippen molar-refractivity contribution >= 4 is 16.6 Å². The summed E-state index contributed by atoms with van der Waals surface area (Å²) in [6.07, 6.45) is 5.06. The molecule has 0 unspecified atom stereocenters. The van der Waals surface area contributed by atoms with Crippen LogP contribution in [0.4, 0.5) is 5.69 Å². The summed E-state index contributed by atoms with van der Waals surface area (Å²) in [7, 11) is 1.62. The largest absolute Gasteiger partial charge is 0.383 e. The summed E-state index contributed by atoms with van der Waals surface area (Å²) in [5.41, 5.74) is 2.91. The predicted molar refractivity (Wildman–Crippen MR) is 102 cm³/mol. The fourth-order valence-corrected chi connectivity index (χ4v) is 3.42. The SMILES string of the molecule is COCCn1cnc2cc(N3CCN(Cc4cnoc4)CC3)ccc2c1=O. The van der Waals surface area contributed by atoms with E-state index in [4.69, 9.17) is 9.26 Å². The van der Waals surface area contributed by atoms with Crippen LogP contribution in [0.3, 0.4) is 0 Å². The Labute approximate surface area is 156 Å². The van der Waals surface area contributed by atoms with E-state index in [-0.39, 0.29) is 5.56 Å². The number of nitrogens with zero attached hydrogens (tertiary/aromatic N) is 5. The Bertz CT molecular complexity index is 946. The van der Waals surface area contributed by atoms with Crippen LogP contribution in [-0.4, -0.2) is 59.5 Å². The summed E-state index contributed by atoms with van der Waals surface area (Å²) >= 11 is 0. The zero-order valence-corrected chi connectivity index (χ0v) is 15.4. The molecule has 0 N–H and O–H groups in total. The van der Waals surface area contributed by atoms with Crippen molar-refractivity contribution < 1.29 is 9.26 Å². The average molecular weight is 369 g/mol. The second-order valence-corrected chi connectivity index (χ2v) is 6.73. The fraction of sp³-hybridized carbons (Fsp3) is 0.421. The summed E-state index contributed by atoms with van der Waals surface area (Å²) in [6, 6.07) is 5.90. The molecule has 4 rings (SSSR count). The summed E-state index contributed by atoms with van der Waals surface area (Å²) in [4.78, 5) is 21.7. The maximum Gasteiger partial charge on any atom is 0.261 e. The van der Waals surface area contributed by atoms with Gasteiger partial charge in [0, 0.05) is 51.1 Å². The lowest BCUT2D eigenvalue weighted by Gasteiger charge is -2.35. The van der Waals surface area contributed by atoms with E-state index in [2.05, 4.69) is 19.9 Å². The van der Waals surface area contributed by atoms with Crippen LogP contribution in [0.2, 0.25) is 0 Å². The molecule has 0 saturated carbocycles. The number of benzene rings is 1. The monoisotopic (exact) mass is 369 g/mol. The number of anilines is 1. The summed E-state index contributed by atoms with van der Waals surface area (Å²) < 4.78 is 11.5. The van der Waals surface area contributed by atoms with Gasteiger partial charge >= 0.3 is 0 Å². The van der Waals surface area contributed by atoms with Gasteiger partial charge in [-0.3, -0.25) is 14.3 Å². The van der Waals surface area contributed by atoms with Crippen LogP contribution in [0.1, 0.15) is 5.56 Å². The van der Waals surface area contributed by atoms with Crippen LogP contribution in [0.15, 0.2) is 46.3 Å². The molecule has 142 valence electrons. The molecule has 1 fully saturated rings. The highest BCUT2D eigenvalue weighted by Crippen LogP contribution is 2.21. The maximum absolute atomic E-state index is 12.6. The number of hydrogen-bond acceptors (Lipinski definition) is 7. The van der Waals surface area contributed by atoms with Gasteiger partial charge in [0.15, 0.2) is 0 Å². The van der Waals surface area contributed by atoms with E-state index in [0.29, 0.717) is 18.5 Å². The molecular weight excluding hydrogens is 346 g/mol. The maximum atomic E-state index is 12.6. The summed E-state index contributed by atoms with van der Waals surface area (Å²) in [5, 5.41) is 4.40. The molecule has 0 amide bonds. The first kappa shape index (κ1) is 17.7. The van der Waals surface area contributed by atoms with Gasteiger partial charge in [0.25, 0.3) is 5.56 Å². The predicted octanol–water partition coefficient (Wildman–Crippen LogP) is 1.35. The van der Waals surface area contributed by atoms with E-state index >= 15 is 0 Å². The molecule has 1 aliphatic heterocycles. The molecule has 3 aromatic rings. The highest BCUT2D eigenvalue weighted by atomic mass is 16.5. The van der Waals surface area contributed by atoms with E-state index in [1.165, 1.54) is 0 Å². The van der Waals surface area contributed by atoms with Crippen molar-refractivity contribution in [3.05, 3.63) is 52.9 Å². The van der Waals surface area contributed by atoms with Gasteiger partial charge in [0.2, 0.25) is 0 Å². The van der Waals surface area contributed by atoms with Gasteiger partial charge < -0.3 is 14.2 Å². The molecule has 8 nitrogen and oxygen atoms in total. The van der Waals surface area contributed by atoms with E-state index in [9.17, 15) is 4.79 Å². The van der Waals surface area contributed by atoms with Crippen LogP contribution in [-0.2, 0) is 17.8 Å². The van der Waals surface area contributed by atoms with Crippen molar-refractivity contribution in [3.63, 3.8) is 0 Å². The molecule has 27 heavy (non-hydrogen) atoms. The Kier molecular flexibility index (Phi) is 5.17. The molecule has 1 aliphatic rings. The van der Waals surface area contributed by atoms with Crippen molar-refractivity contribution in [1.29, 1.82) is 0 Å². The second-order valence-electron chi connectivity index (χ2n) is 6.73. The quantitative estimate of drug-likeness (QED) is 0.649. The molecule has 0 aliphatic carbocycles. The minimum absolute atomic E-state index is 0.0258. The Hall–Kier alpha value is -2.71. The normalized spacial score (nSPS) is 15.5. The van der Waals surface area contributed by atoms with Gasteiger partial charge in [0.1, 0.15) is 6.26 Å². The Morgan fingerprint density at radius 2 is 2.07 bits per heavy atom. The zero-order valence-electron chi connectivity index (χ0n) is 15.4. The van der Waals surface area contributed by atoms with Crippen LogP contribution >= 0.6 is 0 Å². The van der Waals surface area contributed by atoms with Crippen LogP contribution in [0.25, 0.3) is 10.9 Å². The number of rotatable bonds is 6. The minimum atomic E-state index is -0.0258. The lowest BCUT2D eigenvalue weighted by Crippen LogP contribution is -2.45. The van der Waals surface area contributed by atoms with Gasteiger partial charge in [-0.2, -0.15) is 0 Å². The van der Waals surface area contributed by atoms with Gasteiger partial charge in [0.05, 0.1) is 36.6 Å². The highest BCUT2D eigenvalue weighted by molar-refractivity contribution is 5.81. The molecule has 2 aromatic heterocycles. The zero-order chi connectivity index (χ0) is 18.6. The van der Waals surface area contributed by atoms with Gasteiger partial charge in [-0.1, -0.05) is 5.16 Å². The van der Waals surface area contributed by atoms with Crippen LogP contribution in [0.5, 0.6) is 0 Å². The first-order valence-corrected chi connectivity index (χ1v) is 9.08. The number of ether oxygens (including phenoxy) is 1. The third-order valence-corrected chi connectivity index (χ3v) is 4.97. The molecule has 3 heterocycles. The Balaban J connectivity index is 1.46. The van der Waals surface area contributed by atoms with Crippen molar-refractivity contribution in [2.24, 2.45) is 0 Å². The number of hydrogen-bond donors (Lipinski definition) is 0. The Morgan fingerprint density at radius 3 is 2.81 bits per heavy atom. The molecule has 0 bridgehead atoms. The van der Waals surface area contributed by atoms with Gasteiger partial charge in [-0.05, 0) is 18.2 Å². The van der Waals surface area contributed by atoms with E-state index in [0.717, 1.165) is 49.5 Å². The number of fused-ring (bicyclic) bond motifs is 1. The van der Waals surface area contributed by atoms with Gasteiger partial charge in [-0.25, -0.2) is 4.98 Å². The van der Waals surface area contributed by atoms with E-state index in [1.807, 2.05) is 18.2 Å². The first-order valence-electron chi connectivity index (χ1n) is 9.08. The summed E-state index contributed by atoms with van der Waals surface area (Å²) in [6.45, 7) is 5.66. The second kappa shape index (κ2) is 7.89. The smallest absolute Gasteiger partial charge is 0.261 e. The average Bonchev–Trinajstić information content (AvgIpc) is 3.21. The lowest BCUT2D eigenvalue weighted by atomic mass is 10.2. The number of aromatic nitrogens is 3. The van der Waals surface area contributed by atoms with Crippen LogP contribution < -0.4 is 10.5 Å². The molecule has 0 atom stereocenters. The third kappa shape index (κ3) is 3.86. The standard InChI is InChI=1S/C19H23N5O3/c1-26-9-8-24-14-20-18-10-16(2-3-17(18)19(24)25)23-6-4-22(5-7-23)12-15-11-21-27-13-15/h2-3,10-11,13-14H,4-9,12H2,1H3. The number of piperazine rings is 1. The molecule has 1 saturated heterocycles. The molecule has 0 spiro atoms. The minimum Gasteiger partial charge on any atom is -0.383 e. The van der Waals surface area contributed by atoms with Gasteiger partial charge in [-0.15, -0.1) is 0 Å². The fourth-order valence-electron chi connectivity index (χ4n) is 3.42.